The number of carbonyl (C=O) groups excluding carboxylic acids is 1. The zero-order chi connectivity index (χ0) is 16.2. The Morgan fingerprint density at radius 1 is 1.13 bits per heavy atom. The maximum absolute atomic E-state index is 12.8. The minimum Gasteiger partial charge on any atom is -0.339 e. The van der Waals surface area contributed by atoms with Gasteiger partial charge in [0.05, 0.1) is 0 Å². The predicted octanol–water partition coefficient (Wildman–Crippen LogP) is 3.26. The molecule has 126 valence electrons. The minimum absolute atomic E-state index is 0.368. The lowest BCUT2D eigenvalue weighted by atomic mass is 10.0. The summed E-state index contributed by atoms with van der Waals surface area (Å²) in [5, 5.41) is 0. The van der Waals surface area contributed by atoms with E-state index in [0.29, 0.717) is 18.4 Å². The van der Waals surface area contributed by atoms with E-state index in [1.165, 1.54) is 24.0 Å². The molecule has 1 saturated heterocycles. The molecule has 1 saturated carbocycles. The second kappa shape index (κ2) is 7.48. The molecule has 2 fully saturated rings. The van der Waals surface area contributed by atoms with E-state index in [4.69, 9.17) is 0 Å². The van der Waals surface area contributed by atoms with Crippen molar-refractivity contribution in [1.29, 1.82) is 0 Å². The molecule has 0 radical (unpaired) electrons. The van der Waals surface area contributed by atoms with E-state index in [1.54, 1.807) is 0 Å². The van der Waals surface area contributed by atoms with Gasteiger partial charge in [-0.25, -0.2) is 0 Å². The molecule has 1 aromatic rings. The summed E-state index contributed by atoms with van der Waals surface area (Å²) in [4.78, 5) is 17.5. The SMILES string of the molecule is Cc1ccc(CCC(=O)N(CC2CC2)C2CCN(C)CC2)cc1. The van der Waals surface area contributed by atoms with Gasteiger partial charge >= 0.3 is 0 Å². The number of rotatable bonds is 6. The Labute approximate surface area is 140 Å². The normalized spacial score (nSPS) is 19.7. The summed E-state index contributed by atoms with van der Waals surface area (Å²) in [6, 6.07) is 9.06. The summed E-state index contributed by atoms with van der Waals surface area (Å²) in [7, 11) is 2.18. The summed E-state index contributed by atoms with van der Waals surface area (Å²) in [5.74, 6) is 1.14. The van der Waals surface area contributed by atoms with Crippen molar-refractivity contribution in [3.8, 4) is 0 Å². The molecule has 23 heavy (non-hydrogen) atoms. The number of aryl methyl sites for hydroxylation is 2. The Hall–Kier alpha value is -1.35. The minimum atomic E-state index is 0.368. The zero-order valence-electron chi connectivity index (χ0n) is 14.6. The van der Waals surface area contributed by atoms with Crippen molar-refractivity contribution in [2.45, 2.75) is 51.5 Å². The van der Waals surface area contributed by atoms with Gasteiger partial charge in [0.25, 0.3) is 0 Å². The van der Waals surface area contributed by atoms with Crippen molar-refractivity contribution in [2.24, 2.45) is 5.92 Å². The van der Waals surface area contributed by atoms with E-state index in [1.807, 2.05) is 0 Å². The van der Waals surface area contributed by atoms with Crippen LogP contribution in [-0.2, 0) is 11.2 Å². The highest BCUT2D eigenvalue weighted by atomic mass is 16.2. The first kappa shape index (κ1) is 16.5. The third kappa shape index (κ3) is 4.81. The van der Waals surface area contributed by atoms with Gasteiger partial charge in [-0.2, -0.15) is 0 Å². The molecule has 3 heteroatoms. The first-order chi connectivity index (χ1) is 11.1. The molecule has 1 heterocycles. The van der Waals surface area contributed by atoms with Gasteiger partial charge in [0.15, 0.2) is 0 Å². The first-order valence-corrected chi connectivity index (χ1v) is 9.15. The van der Waals surface area contributed by atoms with Crippen LogP contribution >= 0.6 is 0 Å². The number of piperidine rings is 1. The summed E-state index contributed by atoms with van der Waals surface area (Å²) in [6.07, 6.45) is 6.43. The lowest BCUT2D eigenvalue weighted by Crippen LogP contribution is -2.47. The first-order valence-electron chi connectivity index (χ1n) is 9.15. The number of nitrogens with zero attached hydrogens (tertiary/aromatic N) is 2. The van der Waals surface area contributed by atoms with Gasteiger partial charge in [-0.05, 0) is 70.6 Å². The fourth-order valence-corrected chi connectivity index (χ4v) is 3.49. The molecule has 1 amide bonds. The van der Waals surface area contributed by atoms with Gasteiger partial charge in [0.1, 0.15) is 0 Å². The summed E-state index contributed by atoms with van der Waals surface area (Å²) in [6.45, 7) is 5.35. The van der Waals surface area contributed by atoms with Crippen molar-refractivity contribution in [3.63, 3.8) is 0 Å². The molecule has 0 N–H and O–H groups in total. The van der Waals surface area contributed by atoms with E-state index < -0.39 is 0 Å². The highest BCUT2D eigenvalue weighted by Crippen LogP contribution is 2.32. The molecule has 1 aliphatic carbocycles. The van der Waals surface area contributed by atoms with E-state index in [0.717, 1.165) is 44.8 Å². The average Bonchev–Trinajstić information content (AvgIpc) is 3.37. The highest BCUT2D eigenvalue weighted by Gasteiger charge is 2.32. The van der Waals surface area contributed by atoms with Gasteiger partial charge in [-0.3, -0.25) is 4.79 Å². The van der Waals surface area contributed by atoms with Crippen LogP contribution in [0.3, 0.4) is 0 Å². The van der Waals surface area contributed by atoms with Gasteiger partial charge in [0, 0.05) is 19.0 Å². The van der Waals surface area contributed by atoms with E-state index in [-0.39, 0.29) is 0 Å². The summed E-state index contributed by atoms with van der Waals surface area (Å²) < 4.78 is 0. The molecule has 0 bridgehead atoms. The van der Waals surface area contributed by atoms with Crippen LogP contribution in [0.25, 0.3) is 0 Å². The van der Waals surface area contributed by atoms with E-state index in [2.05, 4.69) is 48.0 Å². The van der Waals surface area contributed by atoms with Crippen LogP contribution in [0.4, 0.5) is 0 Å². The van der Waals surface area contributed by atoms with Gasteiger partial charge in [-0.1, -0.05) is 29.8 Å². The molecular formula is C20H30N2O. The number of carbonyl (C=O) groups is 1. The second-order valence-electron chi connectivity index (χ2n) is 7.51. The fraction of sp³-hybridized carbons (Fsp3) is 0.650. The standard InChI is InChI=1S/C20H30N2O/c1-16-3-5-17(6-4-16)9-10-20(23)22(15-18-7-8-18)19-11-13-21(2)14-12-19/h3-6,18-19H,7-15H2,1-2H3. The molecular weight excluding hydrogens is 284 g/mol. The monoisotopic (exact) mass is 314 g/mol. The second-order valence-corrected chi connectivity index (χ2v) is 7.51. The molecule has 3 nitrogen and oxygen atoms in total. The number of hydrogen-bond donors (Lipinski definition) is 0. The van der Waals surface area contributed by atoms with Gasteiger partial charge < -0.3 is 9.80 Å². The molecule has 1 aromatic carbocycles. The van der Waals surface area contributed by atoms with Crippen molar-refractivity contribution >= 4 is 5.91 Å². The Balaban J connectivity index is 1.57. The maximum atomic E-state index is 12.8. The number of hydrogen-bond acceptors (Lipinski definition) is 2. The average molecular weight is 314 g/mol. The Morgan fingerprint density at radius 3 is 2.39 bits per heavy atom. The maximum Gasteiger partial charge on any atom is 0.223 e. The molecule has 1 aliphatic heterocycles. The van der Waals surface area contributed by atoms with Crippen LogP contribution in [0.5, 0.6) is 0 Å². The van der Waals surface area contributed by atoms with Crippen molar-refractivity contribution < 1.29 is 4.79 Å². The molecule has 0 unspecified atom stereocenters. The van der Waals surface area contributed by atoms with E-state index in [9.17, 15) is 4.79 Å². The molecule has 2 aliphatic rings. The van der Waals surface area contributed by atoms with Gasteiger partial charge in [0.2, 0.25) is 5.91 Å². The van der Waals surface area contributed by atoms with Crippen molar-refractivity contribution in [1.82, 2.24) is 9.80 Å². The summed E-state index contributed by atoms with van der Waals surface area (Å²) >= 11 is 0. The van der Waals surface area contributed by atoms with Crippen molar-refractivity contribution in [3.05, 3.63) is 35.4 Å². The fourth-order valence-electron chi connectivity index (χ4n) is 3.49. The Morgan fingerprint density at radius 2 is 1.78 bits per heavy atom. The van der Waals surface area contributed by atoms with Crippen molar-refractivity contribution in [2.75, 3.05) is 26.7 Å². The molecule has 0 aromatic heterocycles. The van der Waals surface area contributed by atoms with Crippen LogP contribution in [-0.4, -0.2) is 48.4 Å². The number of benzene rings is 1. The third-order valence-corrected chi connectivity index (χ3v) is 5.35. The lowest BCUT2D eigenvalue weighted by molar-refractivity contribution is -0.134. The third-order valence-electron chi connectivity index (χ3n) is 5.35. The number of amides is 1. The Kier molecular flexibility index (Phi) is 5.37. The molecule has 0 spiro atoms. The zero-order valence-corrected chi connectivity index (χ0v) is 14.6. The van der Waals surface area contributed by atoms with Crippen LogP contribution in [0.1, 0.15) is 43.2 Å². The van der Waals surface area contributed by atoms with E-state index >= 15 is 0 Å². The quantitative estimate of drug-likeness (QED) is 0.804. The van der Waals surface area contributed by atoms with Crippen LogP contribution in [0.2, 0.25) is 0 Å². The predicted molar refractivity (Wildman–Crippen MR) is 94.5 cm³/mol. The number of likely N-dealkylation sites (tertiary alicyclic amines) is 1. The smallest absolute Gasteiger partial charge is 0.223 e. The topological polar surface area (TPSA) is 23.6 Å². The largest absolute Gasteiger partial charge is 0.339 e. The van der Waals surface area contributed by atoms with Crippen LogP contribution in [0, 0.1) is 12.8 Å². The lowest BCUT2D eigenvalue weighted by Gasteiger charge is -2.37. The van der Waals surface area contributed by atoms with Gasteiger partial charge in [-0.15, -0.1) is 0 Å². The Bertz CT molecular complexity index is 513. The molecule has 3 rings (SSSR count). The summed E-state index contributed by atoms with van der Waals surface area (Å²) in [5.41, 5.74) is 2.56. The molecule has 0 atom stereocenters. The van der Waals surface area contributed by atoms with Crippen LogP contribution in [0.15, 0.2) is 24.3 Å². The van der Waals surface area contributed by atoms with Crippen LogP contribution < -0.4 is 0 Å². The highest BCUT2D eigenvalue weighted by molar-refractivity contribution is 5.77.